The third kappa shape index (κ3) is 5.19. The van der Waals surface area contributed by atoms with Crippen LogP contribution in [0.25, 0.3) is 0 Å². The van der Waals surface area contributed by atoms with E-state index in [0.29, 0.717) is 23.6 Å². The summed E-state index contributed by atoms with van der Waals surface area (Å²) in [6.45, 7) is 4.15. The fraction of sp³-hybridized carbons (Fsp3) is 0.500. The van der Waals surface area contributed by atoms with Crippen LogP contribution in [0.5, 0.6) is 0 Å². The van der Waals surface area contributed by atoms with Crippen molar-refractivity contribution in [3.8, 4) is 0 Å². The summed E-state index contributed by atoms with van der Waals surface area (Å²) in [6.07, 6.45) is 0.450. The Bertz CT molecular complexity index is 446. The molecule has 0 aromatic heterocycles. The Morgan fingerprint density at radius 1 is 1.53 bits per heavy atom. The molecule has 0 saturated heterocycles. The molecule has 1 aromatic carbocycles. The smallest absolute Gasteiger partial charge is 0.252 e. The summed E-state index contributed by atoms with van der Waals surface area (Å²) in [5.74, 6) is -0.289. The first-order chi connectivity index (χ1) is 8.85. The van der Waals surface area contributed by atoms with Crippen molar-refractivity contribution >= 4 is 17.5 Å². The Hall–Kier alpha value is -1.10. The van der Waals surface area contributed by atoms with Crippen LogP contribution in [0.4, 0.5) is 0 Å². The minimum Gasteiger partial charge on any atom is -0.388 e. The zero-order valence-electron chi connectivity index (χ0n) is 11.5. The fourth-order valence-electron chi connectivity index (χ4n) is 1.58. The SMILES string of the molecule is COCCC(C)(O)CNC(=O)c1ccc(C)cc1Cl. The molecule has 5 heteroatoms. The average molecular weight is 286 g/mol. The van der Waals surface area contributed by atoms with Crippen LogP contribution in [0.3, 0.4) is 0 Å². The quantitative estimate of drug-likeness (QED) is 0.842. The van der Waals surface area contributed by atoms with Gasteiger partial charge in [0.15, 0.2) is 0 Å². The molecule has 0 fully saturated rings. The van der Waals surface area contributed by atoms with E-state index in [-0.39, 0.29) is 12.5 Å². The average Bonchev–Trinajstić information content (AvgIpc) is 2.34. The van der Waals surface area contributed by atoms with Crippen molar-refractivity contribution in [2.24, 2.45) is 0 Å². The predicted molar refractivity (Wildman–Crippen MR) is 75.6 cm³/mol. The molecule has 106 valence electrons. The van der Waals surface area contributed by atoms with Crippen LogP contribution in [0.15, 0.2) is 18.2 Å². The first-order valence-corrected chi connectivity index (χ1v) is 6.49. The monoisotopic (exact) mass is 285 g/mol. The van der Waals surface area contributed by atoms with E-state index in [2.05, 4.69) is 5.32 Å². The first kappa shape index (κ1) is 16.0. The summed E-state index contributed by atoms with van der Waals surface area (Å²) in [5.41, 5.74) is 0.409. The fourth-order valence-corrected chi connectivity index (χ4v) is 1.90. The van der Waals surface area contributed by atoms with Crippen LogP contribution in [0, 0.1) is 6.92 Å². The number of benzene rings is 1. The lowest BCUT2D eigenvalue weighted by Gasteiger charge is -2.23. The first-order valence-electron chi connectivity index (χ1n) is 6.11. The van der Waals surface area contributed by atoms with Gasteiger partial charge in [-0.15, -0.1) is 0 Å². The largest absolute Gasteiger partial charge is 0.388 e. The third-order valence-corrected chi connectivity index (χ3v) is 3.16. The number of ether oxygens (including phenoxy) is 1. The van der Waals surface area contributed by atoms with Crippen LogP contribution < -0.4 is 5.32 Å². The van der Waals surface area contributed by atoms with E-state index in [1.807, 2.05) is 13.0 Å². The third-order valence-electron chi connectivity index (χ3n) is 2.84. The highest BCUT2D eigenvalue weighted by Gasteiger charge is 2.21. The second-order valence-electron chi connectivity index (χ2n) is 4.91. The van der Waals surface area contributed by atoms with E-state index in [9.17, 15) is 9.90 Å². The molecule has 1 amide bonds. The van der Waals surface area contributed by atoms with Crippen molar-refractivity contribution in [2.75, 3.05) is 20.3 Å². The van der Waals surface area contributed by atoms with E-state index in [1.54, 1.807) is 26.2 Å². The summed E-state index contributed by atoms with van der Waals surface area (Å²) in [4.78, 5) is 12.0. The van der Waals surface area contributed by atoms with Crippen LogP contribution in [-0.2, 0) is 4.74 Å². The van der Waals surface area contributed by atoms with E-state index in [4.69, 9.17) is 16.3 Å². The lowest BCUT2D eigenvalue weighted by molar-refractivity contribution is 0.0243. The summed E-state index contributed by atoms with van der Waals surface area (Å²) in [7, 11) is 1.57. The van der Waals surface area contributed by atoms with Crippen molar-refractivity contribution in [1.29, 1.82) is 0 Å². The second kappa shape index (κ2) is 6.89. The van der Waals surface area contributed by atoms with Crippen LogP contribution in [-0.4, -0.2) is 36.9 Å². The van der Waals surface area contributed by atoms with Gasteiger partial charge in [0, 0.05) is 26.7 Å². The topological polar surface area (TPSA) is 58.6 Å². The van der Waals surface area contributed by atoms with Crippen LogP contribution >= 0.6 is 11.6 Å². The number of carbonyl (C=O) groups excluding carboxylic acids is 1. The molecule has 1 unspecified atom stereocenters. The number of aryl methyl sites for hydroxylation is 1. The van der Waals surface area contributed by atoms with Gasteiger partial charge in [-0.1, -0.05) is 17.7 Å². The standard InChI is InChI=1S/C14H20ClNO3/c1-10-4-5-11(12(15)8-10)13(17)16-9-14(2,18)6-7-19-3/h4-5,8,18H,6-7,9H2,1-3H3,(H,16,17). The zero-order valence-corrected chi connectivity index (χ0v) is 12.3. The van der Waals surface area contributed by atoms with Gasteiger partial charge in [0.25, 0.3) is 5.91 Å². The molecule has 0 saturated carbocycles. The van der Waals surface area contributed by atoms with Crippen molar-refractivity contribution in [3.63, 3.8) is 0 Å². The minimum absolute atomic E-state index is 0.152. The molecule has 4 nitrogen and oxygen atoms in total. The highest BCUT2D eigenvalue weighted by atomic mass is 35.5. The molecule has 19 heavy (non-hydrogen) atoms. The van der Waals surface area contributed by atoms with Gasteiger partial charge in [0.2, 0.25) is 0 Å². The molecule has 0 heterocycles. The predicted octanol–water partition coefficient (Wildman–Crippen LogP) is 2.17. The van der Waals surface area contributed by atoms with Gasteiger partial charge in [-0.25, -0.2) is 0 Å². The van der Waals surface area contributed by atoms with Gasteiger partial charge < -0.3 is 15.2 Å². The zero-order chi connectivity index (χ0) is 14.5. The normalized spacial score (nSPS) is 13.9. The van der Waals surface area contributed by atoms with Crippen molar-refractivity contribution in [3.05, 3.63) is 34.3 Å². The molecule has 1 aromatic rings. The van der Waals surface area contributed by atoms with Gasteiger partial charge in [0.1, 0.15) is 0 Å². The molecule has 0 radical (unpaired) electrons. The molecule has 2 N–H and O–H groups in total. The lowest BCUT2D eigenvalue weighted by atomic mass is 10.0. The number of nitrogens with one attached hydrogen (secondary N) is 1. The molecular formula is C14H20ClNO3. The maximum atomic E-state index is 12.0. The van der Waals surface area contributed by atoms with Crippen LogP contribution in [0.1, 0.15) is 29.3 Å². The van der Waals surface area contributed by atoms with Crippen LogP contribution in [0.2, 0.25) is 5.02 Å². The number of hydrogen-bond acceptors (Lipinski definition) is 3. The number of hydrogen-bond donors (Lipinski definition) is 2. The highest BCUT2D eigenvalue weighted by Crippen LogP contribution is 2.17. The molecule has 1 atom stereocenters. The Balaban J connectivity index is 2.60. The molecule has 0 spiro atoms. The number of methoxy groups -OCH3 is 1. The lowest BCUT2D eigenvalue weighted by Crippen LogP contribution is -2.41. The van der Waals surface area contributed by atoms with Gasteiger partial charge in [0.05, 0.1) is 16.2 Å². The minimum atomic E-state index is -0.997. The van der Waals surface area contributed by atoms with Crippen molar-refractivity contribution in [2.45, 2.75) is 25.9 Å². The van der Waals surface area contributed by atoms with E-state index >= 15 is 0 Å². The summed E-state index contributed by atoms with van der Waals surface area (Å²) < 4.78 is 4.91. The number of rotatable bonds is 6. The van der Waals surface area contributed by atoms with Crippen molar-refractivity contribution in [1.82, 2.24) is 5.32 Å². The summed E-state index contributed by atoms with van der Waals surface area (Å²) in [6, 6.07) is 5.24. The Morgan fingerprint density at radius 2 is 2.21 bits per heavy atom. The number of carbonyl (C=O) groups is 1. The van der Waals surface area contributed by atoms with Gasteiger partial charge in [-0.2, -0.15) is 0 Å². The number of aliphatic hydroxyl groups is 1. The molecule has 0 aliphatic rings. The Kier molecular flexibility index (Phi) is 5.79. The molecule has 1 rings (SSSR count). The molecule has 0 aliphatic heterocycles. The molecular weight excluding hydrogens is 266 g/mol. The van der Waals surface area contributed by atoms with E-state index in [1.165, 1.54) is 0 Å². The Morgan fingerprint density at radius 3 is 2.79 bits per heavy atom. The van der Waals surface area contributed by atoms with Gasteiger partial charge in [-0.3, -0.25) is 4.79 Å². The van der Waals surface area contributed by atoms with Gasteiger partial charge >= 0.3 is 0 Å². The van der Waals surface area contributed by atoms with Gasteiger partial charge in [-0.05, 0) is 31.5 Å². The second-order valence-corrected chi connectivity index (χ2v) is 5.31. The maximum absolute atomic E-state index is 12.0. The van der Waals surface area contributed by atoms with E-state index in [0.717, 1.165) is 5.56 Å². The summed E-state index contributed by atoms with van der Waals surface area (Å²) in [5, 5.41) is 13.1. The maximum Gasteiger partial charge on any atom is 0.252 e. The Labute approximate surface area is 118 Å². The van der Waals surface area contributed by atoms with E-state index < -0.39 is 5.60 Å². The number of amides is 1. The summed E-state index contributed by atoms with van der Waals surface area (Å²) >= 11 is 6.01. The molecule has 0 aliphatic carbocycles. The molecule has 0 bridgehead atoms. The van der Waals surface area contributed by atoms with Crippen molar-refractivity contribution < 1.29 is 14.6 Å². The highest BCUT2D eigenvalue weighted by molar-refractivity contribution is 6.33. The number of halogens is 1.